The van der Waals surface area contributed by atoms with E-state index in [1.165, 1.54) is 38.2 Å². The van der Waals surface area contributed by atoms with Gasteiger partial charge in [0, 0.05) is 18.6 Å². The Hall–Kier alpha value is 0.270. The molecule has 1 heterocycles. The molecule has 2 atom stereocenters. The van der Waals surface area contributed by atoms with E-state index >= 15 is 0 Å². The monoisotopic (exact) mass is 258 g/mol. The van der Waals surface area contributed by atoms with Gasteiger partial charge in [0.2, 0.25) is 0 Å². The van der Waals surface area contributed by atoms with E-state index < -0.39 is 0 Å². The topological polar surface area (TPSA) is 15.3 Å². The Balaban J connectivity index is 2.53. The minimum Gasteiger partial charge on any atom is -0.312 e. The molecule has 1 aliphatic rings. The molecule has 0 radical (unpaired) electrons. The van der Waals surface area contributed by atoms with Crippen molar-refractivity contribution in [2.75, 3.05) is 31.6 Å². The van der Waals surface area contributed by atoms with E-state index in [-0.39, 0.29) is 0 Å². The summed E-state index contributed by atoms with van der Waals surface area (Å²) in [6.45, 7) is 13.1. The molecule has 1 saturated heterocycles. The van der Waals surface area contributed by atoms with Crippen molar-refractivity contribution in [3.63, 3.8) is 0 Å². The summed E-state index contributed by atoms with van der Waals surface area (Å²) in [5, 5.41) is 3.73. The molecule has 1 aliphatic heterocycles. The lowest BCUT2D eigenvalue weighted by molar-refractivity contribution is 0.165. The van der Waals surface area contributed by atoms with Crippen molar-refractivity contribution in [2.45, 2.75) is 52.6 Å². The first-order valence-electron chi connectivity index (χ1n) is 6.91. The van der Waals surface area contributed by atoms with Crippen molar-refractivity contribution in [3.05, 3.63) is 0 Å². The minimum absolute atomic E-state index is 0.363. The molecule has 1 N–H and O–H groups in total. The van der Waals surface area contributed by atoms with Crippen LogP contribution in [0.2, 0.25) is 0 Å². The van der Waals surface area contributed by atoms with E-state index in [2.05, 4.69) is 44.2 Å². The van der Waals surface area contributed by atoms with Crippen LogP contribution in [0.1, 0.15) is 40.5 Å². The Morgan fingerprint density at radius 1 is 1.35 bits per heavy atom. The molecule has 102 valence electrons. The fourth-order valence-corrected chi connectivity index (χ4v) is 2.85. The number of nitrogens with zero attached hydrogens (tertiary/aromatic N) is 1. The van der Waals surface area contributed by atoms with Gasteiger partial charge in [0.15, 0.2) is 0 Å². The van der Waals surface area contributed by atoms with Gasteiger partial charge in [-0.1, -0.05) is 20.8 Å². The zero-order chi connectivity index (χ0) is 12.9. The molecule has 2 nitrogen and oxygen atoms in total. The molecule has 2 unspecified atom stereocenters. The lowest BCUT2D eigenvalue weighted by Gasteiger charge is -2.35. The van der Waals surface area contributed by atoms with Crippen LogP contribution in [-0.2, 0) is 0 Å². The lowest BCUT2D eigenvalue weighted by Crippen LogP contribution is -2.47. The van der Waals surface area contributed by atoms with Crippen LogP contribution in [0.15, 0.2) is 0 Å². The van der Waals surface area contributed by atoms with Crippen LogP contribution in [0, 0.1) is 5.41 Å². The summed E-state index contributed by atoms with van der Waals surface area (Å²) in [7, 11) is 0. The smallest absolute Gasteiger partial charge is 0.0243 e. The summed E-state index contributed by atoms with van der Waals surface area (Å²) in [5.74, 6) is 1.29. The zero-order valence-electron chi connectivity index (χ0n) is 12.3. The quantitative estimate of drug-likeness (QED) is 0.781. The average Bonchev–Trinajstić information content (AvgIpc) is 2.41. The van der Waals surface area contributed by atoms with Crippen molar-refractivity contribution >= 4 is 11.8 Å². The predicted octanol–water partition coefficient (Wildman–Crippen LogP) is 2.84. The first-order chi connectivity index (χ1) is 7.95. The second kappa shape index (κ2) is 7.01. The molecule has 0 bridgehead atoms. The molecule has 0 aromatic heterocycles. The third-order valence-corrected chi connectivity index (χ3v) is 4.53. The zero-order valence-corrected chi connectivity index (χ0v) is 13.1. The SMILES string of the molecule is CSCCCN1CC(C(C)(C)C)NCCC1C. The molecule has 0 spiro atoms. The van der Waals surface area contributed by atoms with Gasteiger partial charge >= 0.3 is 0 Å². The van der Waals surface area contributed by atoms with Crippen molar-refractivity contribution in [1.82, 2.24) is 10.2 Å². The highest BCUT2D eigenvalue weighted by molar-refractivity contribution is 7.98. The van der Waals surface area contributed by atoms with Crippen LogP contribution in [0.3, 0.4) is 0 Å². The van der Waals surface area contributed by atoms with E-state index in [4.69, 9.17) is 0 Å². The van der Waals surface area contributed by atoms with Crippen LogP contribution < -0.4 is 5.32 Å². The highest BCUT2D eigenvalue weighted by atomic mass is 32.2. The minimum atomic E-state index is 0.363. The summed E-state index contributed by atoms with van der Waals surface area (Å²) >= 11 is 1.96. The van der Waals surface area contributed by atoms with Crippen LogP contribution in [0.25, 0.3) is 0 Å². The summed E-state index contributed by atoms with van der Waals surface area (Å²) in [6, 6.07) is 1.36. The average molecular weight is 258 g/mol. The van der Waals surface area contributed by atoms with Crippen molar-refractivity contribution in [1.29, 1.82) is 0 Å². The molecular weight excluding hydrogens is 228 g/mol. The third kappa shape index (κ3) is 5.19. The maximum Gasteiger partial charge on any atom is 0.0243 e. The van der Waals surface area contributed by atoms with Gasteiger partial charge in [-0.2, -0.15) is 11.8 Å². The van der Waals surface area contributed by atoms with Crippen molar-refractivity contribution in [2.24, 2.45) is 5.41 Å². The predicted molar refractivity (Wildman–Crippen MR) is 79.9 cm³/mol. The second-order valence-corrected chi connectivity index (χ2v) is 7.34. The van der Waals surface area contributed by atoms with Crippen LogP contribution in [0.5, 0.6) is 0 Å². The van der Waals surface area contributed by atoms with Gasteiger partial charge in [-0.3, -0.25) is 4.90 Å². The molecule has 0 aromatic rings. The summed E-state index contributed by atoms with van der Waals surface area (Å²) in [6.07, 6.45) is 4.81. The normalized spacial score (nSPS) is 28.1. The first kappa shape index (κ1) is 15.3. The third-order valence-electron chi connectivity index (χ3n) is 3.83. The molecule has 0 aromatic carbocycles. The Morgan fingerprint density at radius 3 is 2.65 bits per heavy atom. The highest BCUT2D eigenvalue weighted by Gasteiger charge is 2.30. The number of thioether (sulfide) groups is 1. The summed E-state index contributed by atoms with van der Waals surface area (Å²) in [4.78, 5) is 2.69. The van der Waals surface area contributed by atoms with Gasteiger partial charge in [0.05, 0.1) is 0 Å². The van der Waals surface area contributed by atoms with Gasteiger partial charge in [-0.15, -0.1) is 0 Å². The number of hydrogen-bond acceptors (Lipinski definition) is 3. The molecule has 17 heavy (non-hydrogen) atoms. The first-order valence-corrected chi connectivity index (χ1v) is 8.31. The van der Waals surface area contributed by atoms with E-state index in [0.29, 0.717) is 11.5 Å². The van der Waals surface area contributed by atoms with Crippen molar-refractivity contribution in [3.8, 4) is 0 Å². The molecule has 0 amide bonds. The second-order valence-electron chi connectivity index (χ2n) is 6.35. The van der Waals surface area contributed by atoms with E-state index in [9.17, 15) is 0 Å². The number of rotatable bonds is 4. The Morgan fingerprint density at radius 2 is 2.06 bits per heavy atom. The van der Waals surface area contributed by atoms with Crippen LogP contribution >= 0.6 is 11.8 Å². The van der Waals surface area contributed by atoms with Gasteiger partial charge in [0.25, 0.3) is 0 Å². The van der Waals surface area contributed by atoms with E-state index in [1.807, 2.05) is 11.8 Å². The Kier molecular flexibility index (Phi) is 6.32. The molecule has 3 heteroatoms. The van der Waals surface area contributed by atoms with E-state index in [0.717, 1.165) is 6.04 Å². The summed E-state index contributed by atoms with van der Waals surface area (Å²) in [5.41, 5.74) is 0.363. The maximum absolute atomic E-state index is 3.73. The Labute approximate surface area is 112 Å². The van der Waals surface area contributed by atoms with Gasteiger partial charge in [-0.05, 0) is 50.3 Å². The van der Waals surface area contributed by atoms with E-state index in [1.54, 1.807) is 0 Å². The van der Waals surface area contributed by atoms with Crippen molar-refractivity contribution < 1.29 is 0 Å². The van der Waals surface area contributed by atoms with Crippen LogP contribution in [0.4, 0.5) is 0 Å². The molecule has 0 aliphatic carbocycles. The fraction of sp³-hybridized carbons (Fsp3) is 1.00. The standard InChI is InChI=1S/C14H30N2S/c1-12-7-8-15-13(14(2,3)4)11-16(12)9-6-10-17-5/h12-13,15H,6-11H2,1-5H3. The molecule has 0 saturated carbocycles. The number of nitrogens with one attached hydrogen (secondary N) is 1. The van der Waals surface area contributed by atoms with Gasteiger partial charge in [-0.25, -0.2) is 0 Å². The number of hydrogen-bond donors (Lipinski definition) is 1. The highest BCUT2D eigenvalue weighted by Crippen LogP contribution is 2.23. The maximum atomic E-state index is 3.73. The van der Waals surface area contributed by atoms with Gasteiger partial charge < -0.3 is 5.32 Å². The lowest BCUT2D eigenvalue weighted by atomic mass is 9.86. The van der Waals surface area contributed by atoms with Crippen LogP contribution in [-0.4, -0.2) is 48.6 Å². The Bertz CT molecular complexity index is 213. The van der Waals surface area contributed by atoms with Gasteiger partial charge in [0.1, 0.15) is 0 Å². The molecule has 1 fully saturated rings. The largest absolute Gasteiger partial charge is 0.312 e. The fourth-order valence-electron chi connectivity index (χ4n) is 2.43. The molecule has 1 rings (SSSR count). The summed E-state index contributed by atoms with van der Waals surface area (Å²) < 4.78 is 0. The molecular formula is C14H30N2S.